The quantitative estimate of drug-likeness (QED) is 0.334. The number of rotatable bonds is 8. The summed E-state index contributed by atoms with van der Waals surface area (Å²) in [6.45, 7) is 2.67. The zero-order valence-corrected chi connectivity index (χ0v) is 11.6. The number of unbranched alkanes of at least 4 members (excludes halogenated alkanes) is 5. The number of hydrogen-bond donors (Lipinski definition) is 2. The monoisotopic (exact) mass is 218 g/mol. The van der Waals surface area contributed by atoms with E-state index >= 15 is 0 Å². The molecule has 0 aliphatic carbocycles. The maximum Gasteiger partial charge on any atom is 1.00 e. The molecule has 0 radical (unpaired) electrons. The molecule has 0 rings (SSSR count). The molecule has 0 aliphatic heterocycles. The van der Waals surface area contributed by atoms with Gasteiger partial charge in [0.25, 0.3) is 0 Å². The van der Waals surface area contributed by atoms with Crippen LogP contribution in [0.1, 0.15) is 46.9 Å². The van der Waals surface area contributed by atoms with Crippen molar-refractivity contribution in [1.82, 2.24) is 0 Å². The standard InChI is InChI=1S/C8H19O3P.Na.H/c1-2-3-4-5-6-7-8-11-12(9)10;;/h9-10H,2-8H2,1H3;;/q;+1;-1. The van der Waals surface area contributed by atoms with E-state index in [-0.39, 0.29) is 31.0 Å². The smallest absolute Gasteiger partial charge is 1.00 e. The summed E-state index contributed by atoms with van der Waals surface area (Å²) in [6.07, 6.45) is 7.13. The molecule has 0 amide bonds. The molecule has 2 N–H and O–H groups in total. The second-order valence-electron chi connectivity index (χ2n) is 2.85. The Balaban J connectivity index is -0.000000605. The minimum atomic E-state index is -2.13. The fourth-order valence-corrected chi connectivity index (χ4v) is 1.32. The fraction of sp³-hybridized carbons (Fsp3) is 1.00. The van der Waals surface area contributed by atoms with Gasteiger partial charge in [0.1, 0.15) is 0 Å². The van der Waals surface area contributed by atoms with Crippen LogP contribution in [0.2, 0.25) is 0 Å². The van der Waals surface area contributed by atoms with Gasteiger partial charge < -0.3 is 15.7 Å². The molecule has 5 heteroatoms. The first-order chi connectivity index (χ1) is 5.77. The van der Waals surface area contributed by atoms with E-state index in [4.69, 9.17) is 9.79 Å². The predicted molar refractivity (Wildman–Crippen MR) is 51.8 cm³/mol. The van der Waals surface area contributed by atoms with Gasteiger partial charge in [-0.1, -0.05) is 39.0 Å². The first kappa shape index (κ1) is 16.7. The molecule has 0 aromatic carbocycles. The van der Waals surface area contributed by atoms with Crippen molar-refractivity contribution in [3.05, 3.63) is 0 Å². The molecular weight excluding hydrogens is 198 g/mol. The van der Waals surface area contributed by atoms with E-state index in [0.717, 1.165) is 12.8 Å². The normalized spacial score (nSPS) is 10.2. The van der Waals surface area contributed by atoms with Gasteiger partial charge in [-0.2, -0.15) is 0 Å². The Hall–Kier alpha value is 1.31. The maximum absolute atomic E-state index is 8.39. The second kappa shape index (κ2) is 13.3. The molecule has 3 nitrogen and oxygen atoms in total. The van der Waals surface area contributed by atoms with Crippen LogP contribution >= 0.6 is 8.60 Å². The van der Waals surface area contributed by atoms with E-state index in [2.05, 4.69) is 11.4 Å². The Kier molecular flexibility index (Phi) is 17.1. The molecule has 0 atom stereocenters. The minimum absolute atomic E-state index is 0. The summed E-state index contributed by atoms with van der Waals surface area (Å²) < 4.78 is 4.62. The zero-order chi connectivity index (χ0) is 9.23. The van der Waals surface area contributed by atoms with E-state index in [9.17, 15) is 0 Å². The van der Waals surface area contributed by atoms with Gasteiger partial charge in [0.15, 0.2) is 0 Å². The van der Waals surface area contributed by atoms with Crippen molar-refractivity contribution in [2.24, 2.45) is 0 Å². The fourth-order valence-electron chi connectivity index (χ4n) is 1.03. The van der Waals surface area contributed by atoms with E-state index < -0.39 is 8.60 Å². The molecule has 0 saturated heterocycles. The summed E-state index contributed by atoms with van der Waals surface area (Å²) in [5, 5.41) is 0. The first-order valence-corrected chi connectivity index (χ1v) is 5.74. The topological polar surface area (TPSA) is 49.7 Å². The van der Waals surface area contributed by atoms with Crippen molar-refractivity contribution in [3.63, 3.8) is 0 Å². The predicted octanol–water partition coefficient (Wildman–Crippen LogP) is -0.308. The van der Waals surface area contributed by atoms with Crippen molar-refractivity contribution in [1.29, 1.82) is 0 Å². The molecule has 0 heterocycles. The van der Waals surface area contributed by atoms with Crippen molar-refractivity contribution in [3.8, 4) is 0 Å². The van der Waals surface area contributed by atoms with E-state index in [1.807, 2.05) is 0 Å². The molecule has 0 fully saturated rings. The zero-order valence-electron chi connectivity index (χ0n) is 9.70. The van der Waals surface area contributed by atoms with Gasteiger partial charge in [-0.05, 0) is 6.42 Å². The molecule has 0 unspecified atom stereocenters. The SMILES string of the molecule is CCCCCCCCOP(O)O.[H-].[Na+]. The molecule has 0 bridgehead atoms. The Morgan fingerprint density at radius 2 is 1.62 bits per heavy atom. The van der Waals surface area contributed by atoms with Gasteiger partial charge in [-0.15, -0.1) is 0 Å². The van der Waals surface area contributed by atoms with Crippen LogP contribution in [0.25, 0.3) is 0 Å². The largest absolute Gasteiger partial charge is 1.00 e. The Labute approximate surface area is 106 Å². The van der Waals surface area contributed by atoms with Crippen LogP contribution in [0.5, 0.6) is 0 Å². The maximum atomic E-state index is 8.39. The van der Waals surface area contributed by atoms with Crippen molar-refractivity contribution < 1.29 is 45.3 Å². The van der Waals surface area contributed by atoms with Gasteiger partial charge in [-0.3, -0.25) is 0 Å². The van der Waals surface area contributed by atoms with Crippen LogP contribution < -0.4 is 29.6 Å². The van der Waals surface area contributed by atoms with Crippen LogP contribution in [0.15, 0.2) is 0 Å². The van der Waals surface area contributed by atoms with Gasteiger partial charge in [0.2, 0.25) is 0 Å². The van der Waals surface area contributed by atoms with Crippen molar-refractivity contribution in [2.75, 3.05) is 6.61 Å². The van der Waals surface area contributed by atoms with E-state index in [1.54, 1.807) is 0 Å². The molecule has 0 aliphatic rings. The molecule has 13 heavy (non-hydrogen) atoms. The summed E-state index contributed by atoms with van der Waals surface area (Å²) in [5.74, 6) is 0. The van der Waals surface area contributed by atoms with Crippen LogP contribution in [0.4, 0.5) is 0 Å². The summed E-state index contributed by atoms with van der Waals surface area (Å²) in [5.41, 5.74) is 0. The average molecular weight is 218 g/mol. The van der Waals surface area contributed by atoms with E-state index in [1.165, 1.54) is 25.7 Å². The van der Waals surface area contributed by atoms with Gasteiger partial charge in [-0.25, -0.2) is 0 Å². The Bertz CT molecular complexity index is 98.7. The number of hydrogen-bond acceptors (Lipinski definition) is 3. The van der Waals surface area contributed by atoms with Crippen LogP contribution in [-0.4, -0.2) is 16.4 Å². The molecule has 0 saturated carbocycles. The van der Waals surface area contributed by atoms with Crippen LogP contribution in [-0.2, 0) is 4.52 Å². The Morgan fingerprint density at radius 1 is 1.08 bits per heavy atom. The third kappa shape index (κ3) is 16.0. The summed E-state index contributed by atoms with van der Waals surface area (Å²) in [6, 6.07) is 0. The average Bonchev–Trinajstić information content (AvgIpc) is 2.02. The molecular formula is C8H20NaO3P. The minimum Gasteiger partial charge on any atom is -1.00 e. The van der Waals surface area contributed by atoms with Crippen LogP contribution in [0.3, 0.4) is 0 Å². The van der Waals surface area contributed by atoms with E-state index in [0.29, 0.717) is 6.61 Å². The first-order valence-electron chi connectivity index (χ1n) is 4.58. The molecule has 76 valence electrons. The van der Waals surface area contributed by atoms with Gasteiger partial charge >= 0.3 is 38.2 Å². The van der Waals surface area contributed by atoms with Crippen molar-refractivity contribution >= 4 is 8.60 Å². The molecule has 0 spiro atoms. The summed E-state index contributed by atoms with van der Waals surface area (Å²) >= 11 is 0. The second-order valence-corrected chi connectivity index (χ2v) is 3.62. The molecule has 0 aromatic heterocycles. The summed E-state index contributed by atoms with van der Waals surface area (Å²) in [4.78, 5) is 16.8. The Morgan fingerprint density at radius 3 is 2.15 bits per heavy atom. The van der Waals surface area contributed by atoms with Gasteiger partial charge in [0.05, 0.1) is 6.61 Å². The van der Waals surface area contributed by atoms with Gasteiger partial charge in [0, 0.05) is 0 Å². The third-order valence-corrected chi connectivity index (χ3v) is 2.12. The third-order valence-electron chi connectivity index (χ3n) is 1.70. The molecule has 0 aromatic rings. The van der Waals surface area contributed by atoms with Crippen molar-refractivity contribution in [2.45, 2.75) is 45.4 Å². The van der Waals surface area contributed by atoms with Crippen LogP contribution in [0, 0.1) is 0 Å². The summed E-state index contributed by atoms with van der Waals surface area (Å²) in [7, 11) is -2.13.